The van der Waals surface area contributed by atoms with E-state index in [1.54, 1.807) is 7.11 Å². The molecule has 362 valence electrons. The Kier molecular flexibility index (Phi) is 20.5. The number of aliphatic hydroxyl groups excluding tert-OH is 1. The standard InChI is InChI=1S/C58H86O6Si2/c1-44(42-59)40-47(4)55(61-43-48-34-37-52(60-11)38-35-48)46(3)33-36-53(63-65(12,13)56(5,6)7)41-54(64-66(14,15)57(8,9)10)45(2)26-25-39-62-58(49-27-19-16-20-28-49,50-29-21-17-22-30-50)51-31-23-18-24-32-51/h16-38,44-47,53-55,59H,39-43H2,1-15H3/t44-,45+,46-,47-,53+,54-,55-/m0/s1. The van der Waals surface area contributed by atoms with Gasteiger partial charge in [-0.15, -0.1) is 0 Å². The summed E-state index contributed by atoms with van der Waals surface area (Å²) in [5.74, 6) is 1.38. The molecule has 1 N–H and O–H groups in total. The lowest BCUT2D eigenvalue weighted by Gasteiger charge is -2.43. The number of benzene rings is 4. The first kappa shape index (κ1) is 55.0. The Morgan fingerprint density at radius 2 is 1.08 bits per heavy atom. The number of ether oxygens (including phenoxy) is 3. The van der Waals surface area contributed by atoms with E-state index in [0.29, 0.717) is 19.6 Å². The quantitative estimate of drug-likeness (QED) is 0.0406. The second kappa shape index (κ2) is 24.6. The molecular formula is C58H86O6Si2. The lowest BCUT2D eigenvalue weighted by Crippen LogP contribution is -2.48. The Labute approximate surface area is 403 Å². The molecule has 0 spiro atoms. The third kappa shape index (κ3) is 15.2. The van der Waals surface area contributed by atoms with E-state index >= 15 is 0 Å². The zero-order valence-electron chi connectivity index (χ0n) is 43.3. The zero-order valence-corrected chi connectivity index (χ0v) is 45.3. The van der Waals surface area contributed by atoms with Crippen LogP contribution in [0.5, 0.6) is 5.75 Å². The Morgan fingerprint density at radius 1 is 0.591 bits per heavy atom. The van der Waals surface area contributed by atoms with Gasteiger partial charge in [0, 0.05) is 18.9 Å². The van der Waals surface area contributed by atoms with Gasteiger partial charge in [-0.25, -0.2) is 0 Å². The van der Waals surface area contributed by atoms with Crippen LogP contribution in [-0.4, -0.2) is 60.4 Å². The Morgan fingerprint density at radius 3 is 1.53 bits per heavy atom. The largest absolute Gasteiger partial charge is 0.497 e. The fourth-order valence-electron chi connectivity index (χ4n) is 8.21. The van der Waals surface area contributed by atoms with E-state index < -0.39 is 22.2 Å². The van der Waals surface area contributed by atoms with Crippen molar-refractivity contribution < 1.29 is 28.2 Å². The lowest BCUT2D eigenvalue weighted by molar-refractivity contribution is -0.0241. The van der Waals surface area contributed by atoms with Crippen molar-refractivity contribution in [2.45, 2.75) is 149 Å². The van der Waals surface area contributed by atoms with Gasteiger partial charge in [-0.3, -0.25) is 0 Å². The monoisotopic (exact) mass is 935 g/mol. The molecule has 0 fully saturated rings. The first-order valence-electron chi connectivity index (χ1n) is 24.4. The molecule has 0 radical (unpaired) electrons. The number of methoxy groups -OCH3 is 1. The molecule has 4 aromatic carbocycles. The molecule has 0 aliphatic rings. The van der Waals surface area contributed by atoms with Gasteiger partial charge in [-0.1, -0.05) is 197 Å². The fraction of sp³-hybridized carbons (Fsp3) is 0.517. The van der Waals surface area contributed by atoms with Crippen LogP contribution in [0.2, 0.25) is 36.3 Å². The minimum absolute atomic E-state index is 0.0189. The summed E-state index contributed by atoms with van der Waals surface area (Å²) >= 11 is 0. The number of hydrogen-bond acceptors (Lipinski definition) is 6. The van der Waals surface area contributed by atoms with E-state index in [2.05, 4.69) is 223 Å². The number of rotatable bonds is 25. The predicted octanol–water partition coefficient (Wildman–Crippen LogP) is 14.8. The summed E-state index contributed by atoms with van der Waals surface area (Å²) in [4.78, 5) is 0. The van der Waals surface area contributed by atoms with Crippen molar-refractivity contribution in [1.82, 2.24) is 0 Å². The second-order valence-electron chi connectivity index (χ2n) is 21.8. The summed E-state index contributed by atoms with van der Waals surface area (Å²) in [6.45, 7) is 33.2. The summed E-state index contributed by atoms with van der Waals surface area (Å²) < 4.78 is 34.2. The van der Waals surface area contributed by atoms with E-state index in [-0.39, 0.29) is 58.7 Å². The van der Waals surface area contributed by atoms with Crippen LogP contribution in [0, 0.1) is 23.7 Å². The highest BCUT2D eigenvalue weighted by atomic mass is 28.4. The van der Waals surface area contributed by atoms with E-state index in [0.717, 1.165) is 34.4 Å². The van der Waals surface area contributed by atoms with Crippen LogP contribution in [0.25, 0.3) is 0 Å². The highest BCUT2D eigenvalue weighted by Crippen LogP contribution is 2.43. The first-order valence-corrected chi connectivity index (χ1v) is 30.2. The molecule has 0 unspecified atom stereocenters. The summed E-state index contributed by atoms with van der Waals surface area (Å²) in [6, 6.07) is 39.8. The van der Waals surface area contributed by atoms with Gasteiger partial charge in [0.25, 0.3) is 0 Å². The van der Waals surface area contributed by atoms with Crippen molar-refractivity contribution in [3.63, 3.8) is 0 Å². The molecule has 66 heavy (non-hydrogen) atoms. The number of hydrogen-bond donors (Lipinski definition) is 1. The van der Waals surface area contributed by atoms with Gasteiger partial charge in [0.2, 0.25) is 0 Å². The van der Waals surface area contributed by atoms with E-state index in [1.165, 1.54) is 0 Å². The molecule has 0 saturated carbocycles. The molecule has 0 saturated heterocycles. The second-order valence-corrected chi connectivity index (χ2v) is 31.3. The average molecular weight is 935 g/mol. The van der Waals surface area contributed by atoms with Crippen molar-refractivity contribution in [3.8, 4) is 5.75 Å². The van der Waals surface area contributed by atoms with Crippen molar-refractivity contribution in [1.29, 1.82) is 0 Å². The third-order valence-corrected chi connectivity index (χ3v) is 23.3. The maximum absolute atomic E-state index is 10.0. The van der Waals surface area contributed by atoms with Crippen LogP contribution in [-0.2, 0) is 30.5 Å². The maximum atomic E-state index is 10.0. The minimum atomic E-state index is -2.23. The van der Waals surface area contributed by atoms with Gasteiger partial charge in [0.05, 0.1) is 38.6 Å². The molecular weight excluding hydrogens is 849 g/mol. The molecule has 0 aromatic heterocycles. The molecule has 4 aromatic rings. The molecule has 7 atom stereocenters. The normalized spacial score (nSPS) is 16.5. The minimum Gasteiger partial charge on any atom is -0.497 e. The van der Waals surface area contributed by atoms with Crippen molar-refractivity contribution >= 4 is 16.6 Å². The topological polar surface area (TPSA) is 66.4 Å². The summed E-state index contributed by atoms with van der Waals surface area (Å²) in [7, 11) is -2.78. The first-order chi connectivity index (χ1) is 31.0. The van der Waals surface area contributed by atoms with Gasteiger partial charge in [0.1, 0.15) is 11.4 Å². The Bertz CT molecular complexity index is 1940. The van der Waals surface area contributed by atoms with Crippen molar-refractivity contribution in [3.05, 3.63) is 162 Å². The van der Waals surface area contributed by atoms with E-state index in [9.17, 15) is 5.11 Å². The summed E-state index contributed by atoms with van der Waals surface area (Å²) in [5, 5.41) is 10.1. The van der Waals surface area contributed by atoms with Crippen LogP contribution in [0.3, 0.4) is 0 Å². The van der Waals surface area contributed by atoms with Crippen LogP contribution in [0.15, 0.2) is 140 Å². The maximum Gasteiger partial charge on any atom is 0.192 e. The van der Waals surface area contributed by atoms with Gasteiger partial charge < -0.3 is 28.2 Å². The molecule has 0 aliphatic heterocycles. The molecule has 6 nitrogen and oxygen atoms in total. The molecule has 8 heteroatoms. The van der Waals surface area contributed by atoms with Gasteiger partial charge in [0.15, 0.2) is 16.6 Å². The number of aliphatic hydroxyl groups is 1. The fourth-order valence-corrected chi connectivity index (χ4v) is 10.9. The lowest BCUT2D eigenvalue weighted by atomic mass is 9.80. The van der Waals surface area contributed by atoms with Crippen LogP contribution >= 0.6 is 0 Å². The smallest absolute Gasteiger partial charge is 0.192 e. The Hall–Kier alpha value is -3.61. The molecule has 4 rings (SSSR count). The zero-order chi connectivity index (χ0) is 48.8. The van der Waals surface area contributed by atoms with Gasteiger partial charge in [-0.05, 0) is 94.8 Å². The summed E-state index contributed by atoms with van der Waals surface area (Å²) in [5.41, 5.74) is 3.55. The SMILES string of the molecule is COc1ccc(CO[C@@H]([C@@H](C)C=C[C@H](C[C@H](O[Si](C)(C)C(C)(C)C)[C@H](C)C=CCOC(c2ccccc2)(c2ccccc2)c2ccccc2)O[Si](C)(C)C(C)(C)C)[C@@H](C)C[C@H](C)CO)cc1. The summed E-state index contributed by atoms with van der Waals surface area (Å²) in [6.07, 6.45) is 10.4. The van der Waals surface area contributed by atoms with Crippen molar-refractivity contribution in [2.24, 2.45) is 23.7 Å². The van der Waals surface area contributed by atoms with Crippen molar-refractivity contribution in [2.75, 3.05) is 20.3 Å². The highest BCUT2D eigenvalue weighted by Gasteiger charge is 2.43. The molecule has 0 amide bonds. The highest BCUT2D eigenvalue weighted by molar-refractivity contribution is 6.74. The van der Waals surface area contributed by atoms with Crippen LogP contribution in [0.4, 0.5) is 0 Å². The predicted molar refractivity (Wildman–Crippen MR) is 282 cm³/mol. The van der Waals surface area contributed by atoms with Gasteiger partial charge in [-0.2, -0.15) is 0 Å². The molecule has 0 bridgehead atoms. The Balaban J connectivity index is 1.70. The van der Waals surface area contributed by atoms with E-state index in [4.69, 9.17) is 23.1 Å². The van der Waals surface area contributed by atoms with Gasteiger partial charge >= 0.3 is 0 Å². The molecule has 0 aliphatic carbocycles. The van der Waals surface area contributed by atoms with Crippen LogP contribution in [0.1, 0.15) is 104 Å². The van der Waals surface area contributed by atoms with Crippen LogP contribution < -0.4 is 4.74 Å². The van der Waals surface area contributed by atoms with E-state index in [1.807, 2.05) is 12.1 Å². The average Bonchev–Trinajstić information content (AvgIpc) is 3.28. The third-order valence-electron chi connectivity index (χ3n) is 14.3. The molecule has 0 heterocycles.